The molecule has 0 bridgehead atoms. The first-order chi connectivity index (χ1) is 10.3. The van der Waals surface area contributed by atoms with Crippen LogP contribution in [0.15, 0.2) is 53.4 Å². The first-order valence-electron chi connectivity index (χ1n) is 6.74. The standard InChI is InChI=1S/C16H18N2O3S/c1-12-5-4-6-16(11-12)22(20,21)18(3)15-9-7-14(8-10-15)17-13(2)19/h4-11H,1-3H3,(H,17,19). The van der Waals surface area contributed by atoms with E-state index in [0.717, 1.165) is 5.56 Å². The summed E-state index contributed by atoms with van der Waals surface area (Å²) < 4.78 is 26.4. The molecule has 0 radical (unpaired) electrons. The predicted octanol–water partition coefficient (Wildman–Crippen LogP) is 2.78. The minimum Gasteiger partial charge on any atom is -0.326 e. The molecule has 0 aromatic heterocycles. The Bertz CT molecular complexity index is 783. The van der Waals surface area contributed by atoms with Crippen LogP contribution in [0.1, 0.15) is 12.5 Å². The summed E-state index contributed by atoms with van der Waals surface area (Å²) in [6.07, 6.45) is 0. The SMILES string of the molecule is CC(=O)Nc1ccc(N(C)S(=O)(=O)c2cccc(C)c2)cc1. The minimum atomic E-state index is -3.60. The molecule has 5 nitrogen and oxygen atoms in total. The van der Waals surface area contributed by atoms with Crippen molar-refractivity contribution in [2.75, 3.05) is 16.7 Å². The van der Waals surface area contributed by atoms with Crippen molar-refractivity contribution >= 4 is 27.3 Å². The second kappa shape index (κ2) is 6.19. The van der Waals surface area contributed by atoms with Gasteiger partial charge < -0.3 is 5.32 Å². The molecule has 0 fully saturated rings. The Kier molecular flexibility index (Phi) is 4.51. The van der Waals surface area contributed by atoms with E-state index < -0.39 is 10.0 Å². The van der Waals surface area contributed by atoms with Crippen molar-refractivity contribution in [2.45, 2.75) is 18.7 Å². The highest BCUT2D eigenvalue weighted by atomic mass is 32.2. The van der Waals surface area contributed by atoms with E-state index in [1.54, 1.807) is 42.5 Å². The van der Waals surface area contributed by atoms with Crippen LogP contribution in [0.4, 0.5) is 11.4 Å². The summed E-state index contributed by atoms with van der Waals surface area (Å²) in [5.41, 5.74) is 2.03. The molecule has 2 aromatic carbocycles. The van der Waals surface area contributed by atoms with Crippen molar-refractivity contribution in [2.24, 2.45) is 0 Å². The van der Waals surface area contributed by atoms with Crippen LogP contribution in [0.2, 0.25) is 0 Å². The van der Waals surface area contributed by atoms with Crippen LogP contribution < -0.4 is 9.62 Å². The summed E-state index contributed by atoms with van der Waals surface area (Å²) >= 11 is 0. The van der Waals surface area contributed by atoms with Gasteiger partial charge in [0.2, 0.25) is 5.91 Å². The summed E-state index contributed by atoms with van der Waals surface area (Å²) in [5.74, 6) is -0.173. The predicted molar refractivity (Wildman–Crippen MR) is 87.5 cm³/mol. The largest absolute Gasteiger partial charge is 0.326 e. The van der Waals surface area contributed by atoms with E-state index in [2.05, 4.69) is 5.32 Å². The van der Waals surface area contributed by atoms with Crippen LogP contribution in [-0.4, -0.2) is 21.4 Å². The number of nitrogens with zero attached hydrogens (tertiary/aromatic N) is 1. The molecule has 1 amide bonds. The van der Waals surface area contributed by atoms with Crippen LogP contribution in [0.5, 0.6) is 0 Å². The third-order valence-corrected chi connectivity index (χ3v) is 4.98. The molecule has 0 saturated carbocycles. The molecule has 2 rings (SSSR count). The zero-order chi connectivity index (χ0) is 16.3. The molecule has 22 heavy (non-hydrogen) atoms. The van der Waals surface area contributed by atoms with Crippen LogP contribution in [0.3, 0.4) is 0 Å². The maximum atomic E-state index is 12.6. The zero-order valence-corrected chi connectivity index (χ0v) is 13.5. The van der Waals surface area contributed by atoms with Gasteiger partial charge in [0.1, 0.15) is 0 Å². The third-order valence-electron chi connectivity index (χ3n) is 3.20. The fourth-order valence-electron chi connectivity index (χ4n) is 2.03. The number of carbonyl (C=O) groups is 1. The van der Waals surface area contributed by atoms with Gasteiger partial charge in [0.05, 0.1) is 10.6 Å². The normalized spacial score (nSPS) is 11.0. The average molecular weight is 318 g/mol. The molecule has 0 aliphatic carbocycles. The average Bonchev–Trinajstić information content (AvgIpc) is 2.46. The Balaban J connectivity index is 2.30. The lowest BCUT2D eigenvalue weighted by Gasteiger charge is -2.20. The molecule has 0 atom stereocenters. The number of amides is 1. The lowest BCUT2D eigenvalue weighted by molar-refractivity contribution is -0.114. The van der Waals surface area contributed by atoms with E-state index in [0.29, 0.717) is 11.4 Å². The van der Waals surface area contributed by atoms with Crippen LogP contribution >= 0.6 is 0 Å². The molecule has 1 N–H and O–H groups in total. The summed E-state index contributed by atoms with van der Waals surface area (Å²) in [7, 11) is -2.10. The van der Waals surface area contributed by atoms with Crippen molar-refractivity contribution in [1.29, 1.82) is 0 Å². The molecule has 0 heterocycles. The number of anilines is 2. The Morgan fingerprint density at radius 3 is 2.27 bits per heavy atom. The number of rotatable bonds is 4. The lowest BCUT2D eigenvalue weighted by Crippen LogP contribution is -2.26. The maximum Gasteiger partial charge on any atom is 0.264 e. The van der Waals surface area contributed by atoms with Gasteiger partial charge in [-0.15, -0.1) is 0 Å². The first kappa shape index (κ1) is 16.0. The zero-order valence-electron chi connectivity index (χ0n) is 12.7. The number of hydrogen-bond acceptors (Lipinski definition) is 3. The van der Waals surface area contributed by atoms with Gasteiger partial charge in [-0.05, 0) is 48.9 Å². The summed E-state index contributed by atoms with van der Waals surface area (Å²) in [4.78, 5) is 11.2. The minimum absolute atomic E-state index is 0.173. The Morgan fingerprint density at radius 2 is 1.73 bits per heavy atom. The Hall–Kier alpha value is -2.34. The first-order valence-corrected chi connectivity index (χ1v) is 8.18. The lowest BCUT2D eigenvalue weighted by atomic mass is 10.2. The Morgan fingerprint density at radius 1 is 1.09 bits per heavy atom. The molecule has 6 heteroatoms. The van der Waals surface area contributed by atoms with E-state index in [1.165, 1.54) is 18.3 Å². The highest BCUT2D eigenvalue weighted by Crippen LogP contribution is 2.24. The van der Waals surface area contributed by atoms with E-state index in [1.807, 2.05) is 13.0 Å². The summed E-state index contributed by atoms with van der Waals surface area (Å²) in [6.45, 7) is 3.27. The van der Waals surface area contributed by atoms with Crippen LogP contribution in [0, 0.1) is 6.92 Å². The second-order valence-electron chi connectivity index (χ2n) is 5.02. The monoisotopic (exact) mass is 318 g/mol. The van der Waals surface area contributed by atoms with Gasteiger partial charge in [-0.1, -0.05) is 12.1 Å². The van der Waals surface area contributed by atoms with Gasteiger partial charge in [0.25, 0.3) is 10.0 Å². The number of hydrogen-bond donors (Lipinski definition) is 1. The number of aryl methyl sites for hydroxylation is 1. The Labute approximate surface area is 130 Å². The quantitative estimate of drug-likeness (QED) is 0.942. The second-order valence-corrected chi connectivity index (χ2v) is 6.99. The molecule has 0 saturated heterocycles. The maximum absolute atomic E-state index is 12.6. The molecule has 0 aliphatic heterocycles. The highest BCUT2D eigenvalue weighted by Gasteiger charge is 2.21. The third kappa shape index (κ3) is 3.46. The van der Waals surface area contributed by atoms with Crippen molar-refractivity contribution in [3.8, 4) is 0 Å². The van der Waals surface area contributed by atoms with E-state index in [4.69, 9.17) is 0 Å². The van der Waals surface area contributed by atoms with Gasteiger partial charge in [0, 0.05) is 19.7 Å². The molecule has 116 valence electrons. The van der Waals surface area contributed by atoms with Gasteiger partial charge in [-0.2, -0.15) is 0 Å². The van der Waals surface area contributed by atoms with Crippen molar-refractivity contribution < 1.29 is 13.2 Å². The van der Waals surface area contributed by atoms with Gasteiger partial charge in [0.15, 0.2) is 0 Å². The smallest absolute Gasteiger partial charge is 0.264 e. The van der Waals surface area contributed by atoms with Crippen LogP contribution in [-0.2, 0) is 14.8 Å². The number of benzene rings is 2. The molecular weight excluding hydrogens is 300 g/mol. The van der Waals surface area contributed by atoms with Gasteiger partial charge in [-0.3, -0.25) is 9.10 Å². The topological polar surface area (TPSA) is 66.5 Å². The highest BCUT2D eigenvalue weighted by molar-refractivity contribution is 7.92. The molecule has 0 unspecified atom stereocenters. The van der Waals surface area contributed by atoms with E-state index >= 15 is 0 Å². The van der Waals surface area contributed by atoms with Crippen LogP contribution in [0.25, 0.3) is 0 Å². The summed E-state index contributed by atoms with van der Waals surface area (Å²) in [6, 6.07) is 13.4. The fourth-order valence-corrected chi connectivity index (χ4v) is 3.33. The van der Waals surface area contributed by atoms with E-state index in [-0.39, 0.29) is 10.8 Å². The fraction of sp³-hybridized carbons (Fsp3) is 0.188. The van der Waals surface area contributed by atoms with Crippen molar-refractivity contribution in [1.82, 2.24) is 0 Å². The van der Waals surface area contributed by atoms with Gasteiger partial charge >= 0.3 is 0 Å². The molecular formula is C16H18N2O3S. The van der Waals surface area contributed by atoms with E-state index in [9.17, 15) is 13.2 Å². The van der Waals surface area contributed by atoms with Gasteiger partial charge in [-0.25, -0.2) is 8.42 Å². The molecule has 0 aliphatic rings. The van der Waals surface area contributed by atoms with Crippen molar-refractivity contribution in [3.63, 3.8) is 0 Å². The number of nitrogens with one attached hydrogen (secondary N) is 1. The van der Waals surface area contributed by atoms with Crippen molar-refractivity contribution in [3.05, 3.63) is 54.1 Å². The number of sulfonamides is 1. The molecule has 2 aromatic rings. The molecule has 0 spiro atoms. The summed E-state index contributed by atoms with van der Waals surface area (Å²) in [5, 5.41) is 2.64. The number of carbonyl (C=O) groups excluding carboxylic acids is 1.